The van der Waals surface area contributed by atoms with E-state index < -0.39 is 6.43 Å². The number of hydrogen-bond acceptors (Lipinski definition) is 4. The standard InChI is InChI=1S/C9H8F2N2S2/c1-5-2-6-8(12-3-5)13-9(15-6)14-4-7(10)11/h2-3,7H,4H2,1H3. The zero-order valence-corrected chi connectivity index (χ0v) is 9.54. The summed E-state index contributed by atoms with van der Waals surface area (Å²) < 4.78 is 25.6. The van der Waals surface area contributed by atoms with Gasteiger partial charge in [-0.25, -0.2) is 18.7 Å². The molecule has 0 aliphatic carbocycles. The number of aryl methyl sites for hydroxylation is 1. The summed E-state index contributed by atoms with van der Waals surface area (Å²) in [6.45, 7) is 1.94. The topological polar surface area (TPSA) is 25.8 Å². The largest absolute Gasteiger partial charge is 0.248 e. The molecule has 2 aromatic rings. The summed E-state index contributed by atoms with van der Waals surface area (Å²) in [5.74, 6) is -0.210. The molecule has 0 N–H and O–H groups in total. The zero-order valence-electron chi connectivity index (χ0n) is 7.91. The highest BCUT2D eigenvalue weighted by Crippen LogP contribution is 2.29. The average molecular weight is 246 g/mol. The van der Waals surface area contributed by atoms with E-state index in [-0.39, 0.29) is 5.75 Å². The first-order valence-electron chi connectivity index (χ1n) is 4.29. The van der Waals surface area contributed by atoms with E-state index in [1.165, 1.54) is 11.3 Å². The van der Waals surface area contributed by atoms with Gasteiger partial charge in [0.25, 0.3) is 0 Å². The number of aromatic nitrogens is 2. The van der Waals surface area contributed by atoms with Crippen molar-refractivity contribution in [2.45, 2.75) is 17.7 Å². The highest BCUT2D eigenvalue weighted by atomic mass is 32.2. The van der Waals surface area contributed by atoms with E-state index in [1.54, 1.807) is 6.20 Å². The molecule has 0 bridgehead atoms. The zero-order chi connectivity index (χ0) is 10.8. The van der Waals surface area contributed by atoms with E-state index >= 15 is 0 Å². The molecule has 0 spiro atoms. The van der Waals surface area contributed by atoms with Crippen molar-refractivity contribution < 1.29 is 8.78 Å². The number of nitrogens with zero attached hydrogens (tertiary/aromatic N) is 2. The third-order valence-corrected chi connectivity index (χ3v) is 3.84. The SMILES string of the molecule is Cc1cnc2nc(SCC(F)F)sc2c1. The molecule has 6 heteroatoms. The molecular weight excluding hydrogens is 238 g/mol. The normalized spacial score (nSPS) is 11.5. The molecule has 0 unspecified atom stereocenters. The molecule has 15 heavy (non-hydrogen) atoms. The molecule has 0 aromatic carbocycles. The minimum Gasteiger partial charge on any atom is -0.236 e. The van der Waals surface area contributed by atoms with Gasteiger partial charge in [0, 0.05) is 6.20 Å². The maximum Gasteiger partial charge on any atom is 0.248 e. The number of fused-ring (bicyclic) bond motifs is 1. The third kappa shape index (κ3) is 2.63. The van der Waals surface area contributed by atoms with E-state index in [2.05, 4.69) is 9.97 Å². The lowest BCUT2D eigenvalue weighted by molar-refractivity contribution is 0.177. The van der Waals surface area contributed by atoms with Crippen LogP contribution in [-0.4, -0.2) is 22.1 Å². The van der Waals surface area contributed by atoms with E-state index in [1.807, 2.05) is 13.0 Å². The Morgan fingerprint density at radius 3 is 3.07 bits per heavy atom. The van der Waals surface area contributed by atoms with Crippen molar-refractivity contribution in [2.24, 2.45) is 0 Å². The van der Waals surface area contributed by atoms with Gasteiger partial charge >= 0.3 is 0 Å². The lowest BCUT2D eigenvalue weighted by Gasteiger charge is -1.93. The van der Waals surface area contributed by atoms with Crippen molar-refractivity contribution in [3.8, 4) is 0 Å². The maximum atomic E-state index is 12.0. The smallest absolute Gasteiger partial charge is 0.236 e. The fourth-order valence-corrected chi connectivity index (χ4v) is 2.98. The van der Waals surface area contributed by atoms with Gasteiger partial charge in [-0.1, -0.05) is 11.8 Å². The summed E-state index contributed by atoms with van der Waals surface area (Å²) in [5.41, 5.74) is 1.69. The second kappa shape index (κ2) is 4.40. The molecular formula is C9H8F2N2S2. The number of alkyl halides is 2. The van der Waals surface area contributed by atoms with Gasteiger partial charge in [0.05, 0.1) is 10.5 Å². The van der Waals surface area contributed by atoms with Crippen LogP contribution in [0.3, 0.4) is 0 Å². The molecule has 0 atom stereocenters. The fraction of sp³-hybridized carbons (Fsp3) is 0.333. The Labute approximate surface area is 93.7 Å². The van der Waals surface area contributed by atoms with Gasteiger partial charge in [-0.3, -0.25) is 0 Å². The van der Waals surface area contributed by atoms with Crippen molar-refractivity contribution in [1.82, 2.24) is 9.97 Å². The van der Waals surface area contributed by atoms with E-state index in [4.69, 9.17) is 0 Å². The van der Waals surface area contributed by atoms with Gasteiger partial charge in [-0.15, -0.1) is 11.3 Å². The Morgan fingerprint density at radius 1 is 1.53 bits per heavy atom. The molecule has 0 radical (unpaired) electrons. The number of thioether (sulfide) groups is 1. The summed E-state index contributed by atoms with van der Waals surface area (Å²) in [6.07, 6.45) is -0.569. The van der Waals surface area contributed by atoms with Crippen LogP contribution >= 0.6 is 23.1 Å². The molecule has 2 nitrogen and oxygen atoms in total. The first-order valence-corrected chi connectivity index (χ1v) is 6.09. The number of halogens is 2. The number of thiazole rings is 1. The van der Waals surface area contributed by atoms with Gasteiger partial charge in [0.15, 0.2) is 9.99 Å². The third-order valence-electron chi connectivity index (χ3n) is 1.70. The van der Waals surface area contributed by atoms with Crippen LogP contribution in [0.4, 0.5) is 8.78 Å². The summed E-state index contributed by atoms with van der Waals surface area (Å²) in [7, 11) is 0. The predicted molar refractivity (Wildman–Crippen MR) is 58.9 cm³/mol. The van der Waals surface area contributed by atoms with Gasteiger partial charge in [-0.2, -0.15) is 0 Å². The summed E-state index contributed by atoms with van der Waals surface area (Å²) in [4.78, 5) is 8.29. The monoisotopic (exact) mass is 246 g/mol. The predicted octanol–water partition coefficient (Wildman–Crippen LogP) is 3.36. The molecule has 0 amide bonds. The van der Waals surface area contributed by atoms with E-state index in [9.17, 15) is 8.78 Å². The Morgan fingerprint density at radius 2 is 2.33 bits per heavy atom. The highest BCUT2D eigenvalue weighted by Gasteiger charge is 2.09. The van der Waals surface area contributed by atoms with Crippen molar-refractivity contribution in [3.05, 3.63) is 17.8 Å². The second-order valence-electron chi connectivity index (χ2n) is 3.02. The van der Waals surface area contributed by atoms with Crippen molar-refractivity contribution in [2.75, 3.05) is 5.75 Å². The van der Waals surface area contributed by atoms with Crippen LogP contribution in [-0.2, 0) is 0 Å². The summed E-state index contributed by atoms with van der Waals surface area (Å²) in [6, 6.07) is 1.96. The van der Waals surface area contributed by atoms with Crippen LogP contribution in [0.2, 0.25) is 0 Å². The lowest BCUT2D eigenvalue weighted by atomic mass is 10.3. The van der Waals surface area contributed by atoms with Crippen LogP contribution in [0.1, 0.15) is 5.56 Å². The van der Waals surface area contributed by atoms with Crippen molar-refractivity contribution in [1.29, 1.82) is 0 Å². The van der Waals surface area contributed by atoms with Crippen LogP contribution in [0, 0.1) is 6.92 Å². The quantitative estimate of drug-likeness (QED) is 0.777. The Kier molecular flexibility index (Phi) is 3.16. The molecule has 0 aliphatic rings. The molecule has 0 aliphatic heterocycles. The van der Waals surface area contributed by atoms with Gasteiger partial charge < -0.3 is 0 Å². The molecule has 2 aromatic heterocycles. The first kappa shape index (κ1) is 10.8. The van der Waals surface area contributed by atoms with Crippen molar-refractivity contribution >= 4 is 33.4 Å². The Balaban J connectivity index is 2.23. The Bertz CT molecular complexity index is 470. The number of pyridine rings is 1. The Hall–Kier alpha value is -0.750. The van der Waals surface area contributed by atoms with E-state index in [0.717, 1.165) is 22.0 Å². The minimum absolute atomic E-state index is 0.210. The summed E-state index contributed by atoms with van der Waals surface area (Å²) >= 11 is 2.49. The van der Waals surface area contributed by atoms with Crippen LogP contribution in [0.25, 0.3) is 10.3 Å². The maximum absolute atomic E-state index is 12.0. The highest BCUT2D eigenvalue weighted by molar-refractivity contribution is 8.01. The molecule has 2 heterocycles. The van der Waals surface area contributed by atoms with Crippen LogP contribution in [0.15, 0.2) is 16.6 Å². The number of hydrogen-bond donors (Lipinski definition) is 0. The van der Waals surface area contributed by atoms with Crippen LogP contribution < -0.4 is 0 Å². The second-order valence-corrected chi connectivity index (χ2v) is 5.31. The average Bonchev–Trinajstić information content (AvgIpc) is 2.56. The van der Waals surface area contributed by atoms with Gasteiger partial charge in [-0.05, 0) is 18.6 Å². The molecule has 2 rings (SSSR count). The van der Waals surface area contributed by atoms with Gasteiger partial charge in [0.1, 0.15) is 0 Å². The lowest BCUT2D eigenvalue weighted by Crippen LogP contribution is -1.92. The molecule has 80 valence electrons. The molecule has 0 saturated carbocycles. The van der Waals surface area contributed by atoms with Gasteiger partial charge in [0.2, 0.25) is 6.43 Å². The van der Waals surface area contributed by atoms with Crippen LogP contribution in [0.5, 0.6) is 0 Å². The first-order chi connectivity index (χ1) is 7.15. The van der Waals surface area contributed by atoms with E-state index in [0.29, 0.717) is 9.99 Å². The van der Waals surface area contributed by atoms with Crippen molar-refractivity contribution in [3.63, 3.8) is 0 Å². The minimum atomic E-state index is -2.29. The molecule has 0 saturated heterocycles. The summed E-state index contributed by atoms with van der Waals surface area (Å²) in [5, 5.41) is 0. The fourth-order valence-electron chi connectivity index (χ4n) is 1.09. The number of rotatable bonds is 3. The molecule has 0 fully saturated rings.